The number of fused-ring (bicyclic) bond motifs is 1. The molecule has 160 valence electrons. The zero-order chi connectivity index (χ0) is 21.4. The van der Waals surface area contributed by atoms with E-state index in [0.29, 0.717) is 31.6 Å². The molecule has 0 bridgehead atoms. The van der Waals surface area contributed by atoms with E-state index in [-0.39, 0.29) is 23.6 Å². The van der Waals surface area contributed by atoms with Crippen molar-refractivity contribution in [1.29, 1.82) is 0 Å². The van der Waals surface area contributed by atoms with E-state index >= 15 is 0 Å². The van der Waals surface area contributed by atoms with E-state index in [1.54, 1.807) is 12.3 Å². The van der Waals surface area contributed by atoms with Crippen molar-refractivity contribution < 1.29 is 9.90 Å². The first kappa shape index (κ1) is 19.8. The summed E-state index contributed by atoms with van der Waals surface area (Å²) in [5, 5.41) is 16.2. The highest BCUT2D eigenvalue weighted by Gasteiger charge is 2.28. The normalized spacial score (nSPS) is 21.6. The van der Waals surface area contributed by atoms with Crippen LogP contribution in [0.1, 0.15) is 35.7 Å². The molecule has 7 heteroatoms. The van der Waals surface area contributed by atoms with E-state index in [2.05, 4.69) is 5.10 Å². The Bertz CT molecular complexity index is 1170. The summed E-state index contributed by atoms with van der Waals surface area (Å²) in [6, 6.07) is 15.2. The third-order valence-corrected chi connectivity index (χ3v) is 6.39. The Morgan fingerprint density at radius 2 is 1.87 bits per heavy atom. The number of likely N-dealkylation sites (tertiary alicyclic amines) is 1. The minimum Gasteiger partial charge on any atom is -0.391 e. The molecule has 3 heterocycles. The van der Waals surface area contributed by atoms with Gasteiger partial charge >= 0.3 is 0 Å². The number of rotatable bonds is 3. The van der Waals surface area contributed by atoms with Gasteiger partial charge in [0.15, 0.2) is 0 Å². The van der Waals surface area contributed by atoms with Crippen molar-refractivity contribution in [3.8, 4) is 0 Å². The number of hydrogen-bond donors (Lipinski definition) is 1. The van der Waals surface area contributed by atoms with Crippen LogP contribution in [0.3, 0.4) is 0 Å². The molecule has 2 aliphatic rings. The lowest BCUT2D eigenvalue weighted by molar-refractivity contribution is 0.0672. The van der Waals surface area contributed by atoms with Gasteiger partial charge in [0.05, 0.1) is 24.0 Å². The highest BCUT2D eigenvalue weighted by atomic mass is 16.3. The highest BCUT2D eigenvalue weighted by molar-refractivity contribution is 6.07. The van der Waals surface area contributed by atoms with Gasteiger partial charge in [-0.1, -0.05) is 36.4 Å². The van der Waals surface area contributed by atoms with Crippen molar-refractivity contribution in [3.63, 3.8) is 0 Å². The van der Waals surface area contributed by atoms with Crippen LogP contribution in [0.4, 0.5) is 5.69 Å². The number of nitrogens with zero attached hydrogens (tertiary/aromatic N) is 4. The van der Waals surface area contributed by atoms with Gasteiger partial charge in [-0.3, -0.25) is 9.59 Å². The number of benzene rings is 2. The fraction of sp³-hybridized carbons (Fsp3) is 0.375. The van der Waals surface area contributed by atoms with Crippen LogP contribution in [0.5, 0.6) is 0 Å². The molecular weight excluding hydrogens is 392 g/mol. The van der Waals surface area contributed by atoms with Gasteiger partial charge in [-0.05, 0) is 36.1 Å². The van der Waals surface area contributed by atoms with Crippen LogP contribution in [0.2, 0.25) is 0 Å². The summed E-state index contributed by atoms with van der Waals surface area (Å²) in [5.74, 6) is -0.00257. The zero-order valence-electron chi connectivity index (χ0n) is 17.4. The molecular formula is C24H26N4O3. The van der Waals surface area contributed by atoms with Crippen molar-refractivity contribution in [2.45, 2.75) is 31.4 Å². The van der Waals surface area contributed by atoms with Gasteiger partial charge < -0.3 is 14.9 Å². The van der Waals surface area contributed by atoms with Crippen LogP contribution in [-0.4, -0.2) is 58.0 Å². The Kier molecular flexibility index (Phi) is 5.19. The topological polar surface area (TPSA) is 78.7 Å². The second-order valence-electron chi connectivity index (χ2n) is 8.46. The van der Waals surface area contributed by atoms with Gasteiger partial charge in [0.2, 0.25) is 0 Å². The largest absolute Gasteiger partial charge is 0.391 e. The first-order valence-electron chi connectivity index (χ1n) is 10.9. The van der Waals surface area contributed by atoms with Gasteiger partial charge in [-0.2, -0.15) is 5.10 Å². The maximum absolute atomic E-state index is 13.3. The molecule has 2 fully saturated rings. The summed E-state index contributed by atoms with van der Waals surface area (Å²) < 4.78 is 1.51. The van der Waals surface area contributed by atoms with Crippen molar-refractivity contribution in [1.82, 2.24) is 14.7 Å². The van der Waals surface area contributed by atoms with Crippen LogP contribution >= 0.6 is 0 Å². The molecule has 2 aliphatic heterocycles. The molecule has 1 amide bonds. The molecule has 0 saturated carbocycles. The molecule has 0 radical (unpaired) electrons. The second kappa shape index (κ2) is 8.15. The molecule has 2 atom stereocenters. The predicted octanol–water partition coefficient (Wildman–Crippen LogP) is 2.44. The highest BCUT2D eigenvalue weighted by Crippen LogP contribution is 2.25. The molecule has 2 saturated heterocycles. The Morgan fingerprint density at radius 1 is 1.03 bits per heavy atom. The van der Waals surface area contributed by atoms with Gasteiger partial charge in [-0.15, -0.1) is 0 Å². The third-order valence-electron chi connectivity index (χ3n) is 6.39. The van der Waals surface area contributed by atoms with E-state index in [1.807, 2.05) is 52.3 Å². The molecule has 7 nitrogen and oxygen atoms in total. The van der Waals surface area contributed by atoms with Gasteiger partial charge in [0, 0.05) is 37.8 Å². The number of carbonyl (C=O) groups excluding carboxylic acids is 1. The minimum atomic E-state index is -0.352. The quantitative estimate of drug-likeness (QED) is 0.707. The maximum atomic E-state index is 13.3. The Labute approximate surface area is 180 Å². The lowest BCUT2D eigenvalue weighted by Gasteiger charge is -2.33. The monoisotopic (exact) mass is 418 g/mol. The number of anilines is 1. The number of amides is 1. The van der Waals surface area contributed by atoms with Crippen LogP contribution in [0.15, 0.2) is 59.5 Å². The average molecular weight is 418 g/mol. The SMILES string of the molecule is O=C(c1cccc2ccccc12)N1CCC[C@@H](n2ncc(N3CC[C@H](O)C3)cc2=O)C1. The van der Waals surface area contributed by atoms with E-state index in [4.69, 9.17) is 0 Å². The number of piperidine rings is 1. The Balaban J connectivity index is 1.37. The second-order valence-corrected chi connectivity index (χ2v) is 8.46. The van der Waals surface area contributed by atoms with Crippen molar-refractivity contribution >= 4 is 22.4 Å². The van der Waals surface area contributed by atoms with Crippen LogP contribution in [0, 0.1) is 0 Å². The number of β-amino-alcohol motifs (C(OH)–C–C–N with tert-alkyl or cyclic N) is 1. The van der Waals surface area contributed by atoms with Gasteiger partial charge in [0.25, 0.3) is 11.5 Å². The van der Waals surface area contributed by atoms with E-state index < -0.39 is 0 Å². The number of aliphatic hydroxyl groups excluding tert-OH is 1. The van der Waals surface area contributed by atoms with Crippen molar-refractivity contribution in [2.24, 2.45) is 0 Å². The van der Waals surface area contributed by atoms with E-state index in [1.165, 1.54) is 4.68 Å². The summed E-state index contributed by atoms with van der Waals surface area (Å²) in [6.07, 6.45) is 3.69. The molecule has 1 N–H and O–H groups in total. The number of aliphatic hydroxyl groups is 1. The lowest BCUT2D eigenvalue weighted by atomic mass is 10.0. The van der Waals surface area contributed by atoms with Crippen molar-refractivity contribution in [3.05, 3.63) is 70.6 Å². The molecule has 0 unspecified atom stereocenters. The first-order valence-corrected chi connectivity index (χ1v) is 10.9. The molecule has 5 rings (SSSR count). The summed E-state index contributed by atoms with van der Waals surface area (Å²) in [7, 11) is 0. The Hall–Kier alpha value is -3.19. The van der Waals surface area contributed by atoms with E-state index in [9.17, 15) is 14.7 Å². The molecule has 1 aromatic heterocycles. The molecule has 0 spiro atoms. The summed E-state index contributed by atoms with van der Waals surface area (Å²) >= 11 is 0. The third kappa shape index (κ3) is 3.81. The van der Waals surface area contributed by atoms with Crippen LogP contribution in [0.25, 0.3) is 10.8 Å². The fourth-order valence-corrected chi connectivity index (χ4v) is 4.75. The Morgan fingerprint density at radius 3 is 2.68 bits per heavy atom. The first-order chi connectivity index (χ1) is 15.1. The number of hydrogen-bond acceptors (Lipinski definition) is 5. The van der Waals surface area contributed by atoms with Gasteiger partial charge in [-0.25, -0.2) is 4.68 Å². The average Bonchev–Trinajstić information content (AvgIpc) is 3.24. The minimum absolute atomic E-state index is 0.00257. The maximum Gasteiger partial charge on any atom is 0.269 e. The van der Waals surface area contributed by atoms with Crippen LogP contribution < -0.4 is 10.5 Å². The number of aromatic nitrogens is 2. The molecule has 3 aromatic rings. The zero-order valence-corrected chi connectivity index (χ0v) is 17.4. The summed E-state index contributed by atoms with van der Waals surface area (Å²) in [4.78, 5) is 30.0. The predicted molar refractivity (Wildman–Crippen MR) is 119 cm³/mol. The standard InChI is InChI=1S/C24H26N4O3/c29-20-10-12-26(16-20)19-13-23(30)28(25-14-19)18-7-4-11-27(15-18)24(31)22-9-3-6-17-5-1-2-8-21(17)22/h1-3,5-6,8-9,13-14,18,20,29H,4,7,10-12,15-16H2/t18-,20+/m1/s1. The summed E-state index contributed by atoms with van der Waals surface area (Å²) in [5.41, 5.74) is 1.28. The fourth-order valence-electron chi connectivity index (χ4n) is 4.75. The molecule has 2 aromatic carbocycles. The summed E-state index contributed by atoms with van der Waals surface area (Å²) in [6.45, 7) is 2.40. The number of carbonyl (C=O) groups is 1. The molecule has 31 heavy (non-hydrogen) atoms. The lowest BCUT2D eigenvalue weighted by Crippen LogP contribution is -2.43. The smallest absolute Gasteiger partial charge is 0.269 e. The molecule has 0 aliphatic carbocycles. The van der Waals surface area contributed by atoms with Crippen LogP contribution in [-0.2, 0) is 0 Å². The van der Waals surface area contributed by atoms with Crippen molar-refractivity contribution in [2.75, 3.05) is 31.1 Å². The van der Waals surface area contributed by atoms with Gasteiger partial charge in [0.1, 0.15) is 0 Å². The van der Waals surface area contributed by atoms with E-state index in [0.717, 1.165) is 35.8 Å².